The van der Waals surface area contributed by atoms with E-state index in [4.69, 9.17) is 0 Å². The second kappa shape index (κ2) is 2.11. The van der Waals surface area contributed by atoms with Crippen molar-refractivity contribution in [2.24, 2.45) is 0 Å². The van der Waals surface area contributed by atoms with Crippen LogP contribution >= 0.6 is 0 Å². The minimum atomic E-state index is -0.658. The van der Waals surface area contributed by atoms with E-state index in [2.05, 4.69) is 32.7 Å². The molecule has 8 heavy (non-hydrogen) atoms. The summed E-state index contributed by atoms with van der Waals surface area (Å²) in [6.07, 6.45) is 0. The van der Waals surface area contributed by atoms with Crippen LogP contribution in [0.4, 0.5) is 0 Å². The third-order valence-corrected chi connectivity index (χ3v) is 33.8. The van der Waals surface area contributed by atoms with Crippen LogP contribution in [0.5, 0.6) is 0 Å². The molecule has 0 aromatic rings. The Bertz CT molecular complexity index is 62.7. The molecule has 0 N–H and O–H groups in total. The van der Waals surface area contributed by atoms with Gasteiger partial charge in [0.05, 0.1) is 0 Å². The van der Waals surface area contributed by atoms with Crippen molar-refractivity contribution in [1.29, 1.82) is 0 Å². The van der Waals surface area contributed by atoms with Gasteiger partial charge < -0.3 is 0 Å². The molecule has 0 nitrogen and oxygen atoms in total. The molecule has 0 aromatic heterocycles. The zero-order valence-corrected chi connectivity index (χ0v) is 11.0. The van der Waals surface area contributed by atoms with E-state index < -0.39 is 14.7 Å². The van der Waals surface area contributed by atoms with Crippen molar-refractivity contribution in [3.05, 3.63) is 0 Å². The Morgan fingerprint density at radius 1 is 0.875 bits per heavy atom. The lowest BCUT2D eigenvalue weighted by Crippen LogP contribution is -2.53. The van der Waals surface area contributed by atoms with Crippen molar-refractivity contribution in [2.45, 2.75) is 32.7 Å². The minimum absolute atomic E-state index is 0.581. The van der Waals surface area contributed by atoms with Crippen LogP contribution in [-0.4, -0.2) is 24.5 Å². The molecule has 0 fully saturated rings. The molecule has 0 aliphatic carbocycles. The Morgan fingerprint density at radius 3 is 1.00 bits per heavy atom. The van der Waals surface area contributed by atoms with Crippen LogP contribution in [0.3, 0.4) is 0 Å². The van der Waals surface area contributed by atoms with Crippen molar-refractivity contribution in [1.82, 2.24) is 0 Å². The molecule has 0 radical (unpaired) electrons. The first-order valence-electron chi connectivity index (χ1n) is 3.25. The predicted octanol–water partition coefficient (Wildman–Crippen LogP) is 0.973. The largest absolute Gasteiger partial charge is 0.0738 e. The van der Waals surface area contributed by atoms with Gasteiger partial charge in [-0.15, -0.1) is 0 Å². The van der Waals surface area contributed by atoms with Gasteiger partial charge in [0, 0.05) is 14.7 Å². The average Bonchev–Trinajstić information content (AvgIpc) is 1.25. The fourth-order valence-corrected chi connectivity index (χ4v) is 0. The third kappa shape index (κ3) is 2.28. The molecule has 0 aromatic carbocycles. The highest BCUT2D eigenvalue weighted by atomic mass is 29.6. The van der Waals surface area contributed by atoms with Gasteiger partial charge in [-0.25, -0.2) is 0 Å². The Balaban J connectivity index is 4.02. The molecule has 0 unspecified atom stereocenters. The standard InChI is InChI=1S/C5H18Si3/c1-7(2,3)8(4,5)6/h1-6H3. The van der Waals surface area contributed by atoms with Crippen LogP contribution in [0, 0.1) is 0 Å². The summed E-state index contributed by atoms with van der Waals surface area (Å²) in [6, 6.07) is 0. The van der Waals surface area contributed by atoms with Gasteiger partial charge >= 0.3 is 0 Å². The van der Waals surface area contributed by atoms with Crippen LogP contribution in [-0.2, 0) is 0 Å². The highest BCUT2D eigenvalue weighted by Gasteiger charge is 2.30. The first-order valence-corrected chi connectivity index (χ1v) is 14.2. The molecule has 50 valence electrons. The molecular weight excluding hydrogens is 144 g/mol. The molecule has 0 aliphatic heterocycles. The zero-order chi connectivity index (χ0) is 7.00. The van der Waals surface area contributed by atoms with Crippen LogP contribution in [0.25, 0.3) is 0 Å². The monoisotopic (exact) mass is 162 g/mol. The molecule has 0 atom stereocenters. The maximum atomic E-state index is 2.53. The summed E-state index contributed by atoms with van der Waals surface area (Å²) in [7, 11) is 0.248. The van der Waals surface area contributed by atoms with Crippen molar-refractivity contribution in [3.63, 3.8) is 0 Å². The zero-order valence-electron chi connectivity index (χ0n) is 7.00. The smallest absolute Gasteiger partial charge is 0.0346 e. The quantitative estimate of drug-likeness (QED) is 0.504. The maximum absolute atomic E-state index is 2.53. The molecule has 0 rings (SSSR count). The van der Waals surface area contributed by atoms with Gasteiger partial charge in [-0.1, -0.05) is 32.7 Å². The lowest BCUT2D eigenvalue weighted by Gasteiger charge is -2.31. The minimum Gasteiger partial charge on any atom is -0.0738 e. The molecule has 0 saturated heterocycles. The predicted molar refractivity (Wildman–Crippen MR) is 50.8 cm³/mol. The van der Waals surface area contributed by atoms with E-state index in [9.17, 15) is 0 Å². The lowest BCUT2D eigenvalue weighted by molar-refractivity contribution is 1.79. The maximum Gasteiger partial charge on any atom is 0.0346 e. The second-order valence-corrected chi connectivity index (χ2v) is 33.0. The van der Waals surface area contributed by atoms with Gasteiger partial charge in [0.15, 0.2) is 0 Å². The topological polar surface area (TPSA) is 0 Å². The fourth-order valence-electron chi connectivity index (χ4n) is 0. The molecule has 0 saturated carbocycles. The Kier molecular flexibility index (Phi) is 2.29. The van der Waals surface area contributed by atoms with Gasteiger partial charge in [0.2, 0.25) is 0 Å². The first kappa shape index (κ1) is 8.65. The van der Waals surface area contributed by atoms with Crippen molar-refractivity contribution < 1.29 is 0 Å². The first-order chi connectivity index (χ1) is 3.25. The van der Waals surface area contributed by atoms with E-state index in [-0.39, 0.29) is 0 Å². The summed E-state index contributed by atoms with van der Waals surface area (Å²) in [4.78, 5) is 0. The summed E-state index contributed by atoms with van der Waals surface area (Å²) < 4.78 is 0. The Hall–Kier alpha value is 0.651. The van der Waals surface area contributed by atoms with Gasteiger partial charge in [0.25, 0.3) is 0 Å². The number of hydrogen-bond acceptors (Lipinski definition) is 0. The third-order valence-electron chi connectivity index (χ3n) is 2.25. The van der Waals surface area contributed by atoms with E-state index in [0.29, 0.717) is 0 Å². The summed E-state index contributed by atoms with van der Waals surface area (Å²) in [6.45, 7) is 12.6. The Morgan fingerprint density at radius 2 is 1.00 bits per heavy atom. The molecule has 0 heterocycles. The Labute approximate surface area is 57.7 Å². The van der Waals surface area contributed by atoms with E-state index in [0.717, 1.165) is 0 Å². The summed E-state index contributed by atoms with van der Waals surface area (Å²) in [5, 5.41) is 0. The van der Waals surface area contributed by atoms with Crippen LogP contribution in [0.2, 0.25) is 32.7 Å². The summed E-state index contributed by atoms with van der Waals surface area (Å²) >= 11 is 0. The number of rotatable bonds is 1. The van der Waals surface area contributed by atoms with Gasteiger partial charge in [-0.3, -0.25) is 0 Å². The average molecular weight is 162 g/mol. The van der Waals surface area contributed by atoms with Crippen molar-refractivity contribution in [3.8, 4) is 0 Å². The second-order valence-electron chi connectivity index (χ2n) is 4.50. The van der Waals surface area contributed by atoms with Crippen LogP contribution in [0.1, 0.15) is 0 Å². The summed E-state index contributed by atoms with van der Waals surface area (Å²) in [5.41, 5.74) is 0. The molecular formula is C5H18Si3. The fraction of sp³-hybridized carbons (Fsp3) is 1.00. The molecule has 0 amide bonds. The van der Waals surface area contributed by atoms with Gasteiger partial charge in [0.1, 0.15) is 0 Å². The molecule has 3 heteroatoms. The lowest BCUT2D eigenvalue weighted by atomic mass is 11.8. The normalized spacial score (nSPS) is 14.6. The van der Waals surface area contributed by atoms with E-state index in [1.54, 1.807) is 0 Å². The van der Waals surface area contributed by atoms with E-state index >= 15 is 0 Å². The van der Waals surface area contributed by atoms with Gasteiger partial charge in [-0.2, -0.15) is 0 Å². The molecule has 0 bridgehead atoms. The van der Waals surface area contributed by atoms with E-state index in [1.165, 1.54) is 9.76 Å². The van der Waals surface area contributed by atoms with Crippen LogP contribution in [0.15, 0.2) is 0 Å². The van der Waals surface area contributed by atoms with Crippen molar-refractivity contribution in [2.75, 3.05) is 0 Å². The molecule has 0 aliphatic rings. The summed E-state index contributed by atoms with van der Waals surface area (Å²) in [5.74, 6) is 0. The van der Waals surface area contributed by atoms with Crippen molar-refractivity contribution >= 4 is 24.5 Å². The molecule has 0 spiro atoms. The number of hydrogen-bond donors (Lipinski definition) is 0. The van der Waals surface area contributed by atoms with Crippen LogP contribution < -0.4 is 0 Å². The highest BCUT2D eigenvalue weighted by Crippen LogP contribution is 2.13. The SMILES string of the molecule is C[Si](C)(C)[Si](C)(C)[SiH3]. The van der Waals surface area contributed by atoms with Gasteiger partial charge in [-0.05, 0) is 9.76 Å². The highest BCUT2D eigenvalue weighted by molar-refractivity contribution is 7.56. The van der Waals surface area contributed by atoms with E-state index in [1.807, 2.05) is 0 Å².